The highest BCUT2D eigenvalue weighted by molar-refractivity contribution is 7.21. The van der Waals surface area contributed by atoms with Crippen LogP contribution in [-0.4, -0.2) is 15.9 Å². The number of amides is 1. The number of rotatable bonds is 2. The molecular formula is C14H10Cl2N4OS. The number of anilines is 1. The molecule has 8 heteroatoms. The van der Waals surface area contributed by atoms with Crippen LogP contribution in [0.1, 0.15) is 15.5 Å². The van der Waals surface area contributed by atoms with Crippen molar-refractivity contribution in [2.45, 2.75) is 6.92 Å². The van der Waals surface area contributed by atoms with Gasteiger partial charge in [-0.1, -0.05) is 29.3 Å². The maximum absolute atomic E-state index is 11.5. The molecule has 0 spiro atoms. The molecule has 0 unspecified atom stereocenters. The molecule has 0 atom stereocenters. The standard InChI is InChI=1S/C14H10Cl2N4OS/c1-5-19-11(6-2-3-7(15)8(16)4-6)9-10(17)12(13(18)21)22-14(9)20-5/h2-4H,17H2,1H3,(H2,18,21). The Balaban J connectivity index is 2.37. The van der Waals surface area contributed by atoms with Crippen LogP contribution in [0.15, 0.2) is 18.2 Å². The molecule has 0 aliphatic rings. The summed E-state index contributed by atoms with van der Waals surface area (Å²) in [6, 6.07) is 5.17. The van der Waals surface area contributed by atoms with E-state index < -0.39 is 5.91 Å². The number of aryl methyl sites for hydroxylation is 1. The van der Waals surface area contributed by atoms with Gasteiger partial charge in [0, 0.05) is 5.56 Å². The van der Waals surface area contributed by atoms with Crippen molar-refractivity contribution in [1.82, 2.24) is 9.97 Å². The molecule has 3 aromatic rings. The first kappa shape index (κ1) is 15.0. The average molecular weight is 353 g/mol. The minimum Gasteiger partial charge on any atom is -0.397 e. The van der Waals surface area contributed by atoms with Gasteiger partial charge in [0.15, 0.2) is 0 Å². The summed E-state index contributed by atoms with van der Waals surface area (Å²) in [6.45, 7) is 1.76. The summed E-state index contributed by atoms with van der Waals surface area (Å²) in [4.78, 5) is 21.1. The van der Waals surface area contributed by atoms with E-state index in [9.17, 15) is 4.79 Å². The number of benzene rings is 1. The Bertz CT molecular complexity index is 923. The highest BCUT2D eigenvalue weighted by Gasteiger charge is 2.20. The van der Waals surface area contributed by atoms with E-state index in [1.165, 1.54) is 0 Å². The molecule has 0 aliphatic carbocycles. The Morgan fingerprint density at radius 3 is 2.59 bits per heavy atom. The summed E-state index contributed by atoms with van der Waals surface area (Å²) in [5, 5.41) is 1.46. The van der Waals surface area contributed by atoms with Gasteiger partial charge in [-0.15, -0.1) is 11.3 Å². The molecule has 4 N–H and O–H groups in total. The summed E-state index contributed by atoms with van der Waals surface area (Å²) >= 11 is 13.2. The lowest BCUT2D eigenvalue weighted by atomic mass is 10.1. The zero-order valence-electron chi connectivity index (χ0n) is 11.4. The number of hydrogen-bond acceptors (Lipinski definition) is 5. The van der Waals surface area contributed by atoms with Gasteiger partial charge < -0.3 is 11.5 Å². The second kappa shape index (κ2) is 5.39. The van der Waals surface area contributed by atoms with Gasteiger partial charge in [-0.2, -0.15) is 0 Å². The predicted octanol–water partition coefficient (Wildman–Crippen LogP) is 3.65. The molecule has 3 rings (SSSR count). The SMILES string of the molecule is Cc1nc(-c2ccc(Cl)c(Cl)c2)c2c(N)c(C(N)=O)sc2n1. The number of fused-ring (bicyclic) bond motifs is 1. The normalized spacial score (nSPS) is 11.0. The van der Waals surface area contributed by atoms with Gasteiger partial charge >= 0.3 is 0 Å². The van der Waals surface area contributed by atoms with Crippen LogP contribution >= 0.6 is 34.5 Å². The van der Waals surface area contributed by atoms with Crippen LogP contribution in [0.25, 0.3) is 21.5 Å². The fraction of sp³-hybridized carbons (Fsp3) is 0.0714. The van der Waals surface area contributed by atoms with Crippen molar-refractivity contribution in [3.63, 3.8) is 0 Å². The molecule has 0 bridgehead atoms. The third kappa shape index (κ3) is 2.39. The smallest absolute Gasteiger partial charge is 0.260 e. The Morgan fingerprint density at radius 2 is 1.95 bits per heavy atom. The monoisotopic (exact) mass is 352 g/mol. The van der Waals surface area contributed by atoms with Gasteiger partial charge in [-0.3, -0.25) is 4.79 Å². The topological polar surface area (TPSA) is 94.9 Å². The van der Waals surface area contributed by atoms with E-state index in [1.807, 2.05) is 0 Å². The van der Waals surface area contributed by atoms with Crippen molar-refractivity contribution >= 4 is 56.3 Å². The van der Waals surface area contributed by atoms with Crippen molar-refractivity contribution in [2.24, 2.45) is 5.73 Å². The van der Waals surface area contributed by atoms with Crippen LogP contribution in [0, 0.1) is 6.92 Å². The maximum atomic E-state index is 11.5. The van der Waals surface area contributed by atoms with E-state index in [4.69, 9.17) is 34.7 Å². The fourth-order valence-electron chi connectivity index (χ4n) is 2.16. The third-order valence-electron chi connectivity index (χ3n) is 3.12. The summed E-state index contributed by atoms with van der Waals surface area (Å²) in [6.07, 6.45) is 0. The molecule has 0 aliphatic heterocycles. The first-order valence-corrected chi connectivity index (χ1v) is 7.77. The van der Waals surface area contributed by atoms with Crippen molar-refractivity contribution in [3.05, 3.63) is 38.9 Å². The first-order valence-electron chi connectivity index (χ1n) is 6.20. The van der Waals surface area contributed by atoms with Gasteiger partial charge in [0.25, 0.3) is 5.91 Å². The zero-order chi connectivity index (χ0) is 16.0. The molecule has 0 radical (unpaired) electrons. The highest BCUT2D eigenvalue weighted by atomic mass is 35.5. The molecule has 0 saturated carbocycles. The summed E-state index contributed by atoms with van der Waals surface area (Å²) in [7, 11) is 0. The molecule has 1 amide bonds. The van der Waals surface area contributed by atoms with Crippen LogP contribution in [0.4, 0.5) is 5.69 Å². The number of nitrogens with two attached hydrogens (primary N) is 2. The minimum atomic E-state index is -0.585. The Labute approximate surface area is 139 Å². The molecule has 0 fully saturated rings. The van der Waals surface area contributed by atoms with Crippen LogP contribution in [0.3, 0.4) is 0 Å². The Morgan fingerprint density at radius 1 is 1.23 bits per heavy atom. The van der Waals surface area contributed by atoms with Crippen LogP contribution in [0.2, 0.25) is 10.0 Å². The maximum Gasteiger partial charge on any atom is 0.260 e. The van der Waals surface area contributed by atoms with E-state index >= 15 is 0 Å². The number of hydrogen-bond donors (Lipinski definition) is 2. The second-order valence-corrected chi connectivity index (χ2v) is 6.45. The number of nitrogen functional groups attached to an aromatic ring is 1. The number of aromatic nitrogens is 2. The number of halogens is 2. The van der Waals surface area contributed by atoms with E-state index in [0.717, 1.165) is 16.9 Å². The molecule has 112 valence electrons. The predicted molar refractivity (Wildman–Crippen MR) is 90.5 cm³/mol. The lowest BCUT2D eigenvalue weighted by Crippen LogP contribution is -2.10. The lowest BCUT2D eigenvalue weighted by Gasteiger charge is -2.06. The molecule has 2 heterocycles. The Kier molecular flexibility index (Phi) is 3.68. The molecule has 2 aromatic heterocycles. The molecular weight excluding hydrogens is 343 g/mol. The number of primary amides is 1. The third-order valence-corrected chi connectivity index (χ3v) is 4.97. The van der Waals surface area contributed by atoms with Crippen molar-refractivity contribution in [3.8, 4) is 11.3 Å². The quantitative estimate of drug-likeness (QED) is 0.735. The number of carbonyl (C=O) groups excluding carboxylic acids is 1. The van der Waals surface area contributed by atoms with Gasteiger partial charge in [-0.25, -0.2) is 9.97 Å². The van der Waals surface area contributed by atoms with E-state index in [0.29, 0.717) is 31.8 Å². The first-order chi connectivity index (χ1) is 10.4. The van der Waals surface area contributed by atoms with Gasteiger partial charge in [0.2, 0.25) is 0 Å². The highest BCUT2D eigenvalue weighted by Crippen LogP contribution is 2.39. The van der Waals surface area contributed by atoms with Gasteiger partial charge in [0.05, 0.1) is 26.8 Å². The summed E-state index contributed by atoms with van der Waals surface area (Å²) < 4.78 is 0. The summed E-state index contributed by atoms with van der Waals surface area (Å²) in [5.74, 6) is -0.0240. The second-order valence-electron chi connectivity index (χ2n) is 4.64. The van der Waals surface area contributed by atoms with Crippen molar-refractivity contribution < 1.29 is 4.79 Å². The van der Waals surface area contributed by atoms with E-state index in [-0.39, 0.29) is 10.6 Å². The number of carbonyl (C=O) groups is 1. The largest absolute Gasteiger partial charge is 0.397 e. The van der Waals surface area contributed by atoms with Crippen molar-refractivity contribution in [2.75, 3.05) is 5.73 Å². The molecule has 0 saturated heterocycles. The van der Waals surface area contributed by atoms with E-state index in [1.54, 1.807) is 25.1 Å². The Hall–Kier alpha value is -1.89. The molecule has 5 nitrogen and oxygen atoms in total. The number of thiophene rings is 1. The molecule has 1 aromatic carbocycles. The molecule has 22 heavy (non-hydrogen) atoms. The van der Waals surface area contributed by atoms with Crippen molar-refractivity contribution in [1.29, 1.82) is 0 Å². The van der Waals surface area contributed by atoms with Crippen LogP contribution < -0.4 is 11.5 Å². The lowest BCUT2D eigenvalue weighted by molar-refractivity contribution is 0.100. The van der Waals surface area contributed by atoms with Crippen LogP contribution in [0.5, 0.6) is 0 Å². The average Bonchev–Trinajstić information content (AvgIpc) is 2.78. The zero-order valence-corrected chi connectivity index (χ0v) is 13.7. The van der Waals surface area contributed by atoms with E-state index in [2.05, 4.69) is 9.97 Å². The number of nitrogens with zero attached hydrogens (tertiary/aromatic N) is 2. The van der Waals surface area contributed by atoms with Gasteiger partial charge in [0.1, 0.15) is 15.5 Å². The fourth-order valence-corrected chi connectivity index (χ4v) is 3.45. The van der Waals surface area contributed by atoms with Crippen LogP contribution in [-0.2, 0) is 0 Å². The van der Waals surface area contributed by atoms with Gasteiger partial charge in [-0.05, 0) is 19.1 Å². The summed E-state index contributed by atoms with van der Waals surface area (Å²) in [5.41, 5.74) is 13.0. The minimum absolute atomic E-state index is 0.274.